The molecule has 12 heteroatoms. The molecule has 5 aliphatic heterocycles. The van der Waals surface area contributed by atoms with Crippen LogP contribution in [0.1, 0.15) is 54.9 Å². The Hall–Kier alpha value is -1.19. The summed E-state index contributed by atoms with van der Waals surface area (Å²) in [5, 5.41) is 3.48. The Morgan fingerprint density at radius 3 is 2.13 bits per heavy atom. The second-order valence-electron chi connectivity index (χ2n) is 11.9. The molecule has 0 bridgehead atoms. The van der Waals surface area contributed by atoms with E-state index in [1.54, 1.807) is 13.0 Å². The van der Waals surface area contributed by atoms with Crippen molar-refractivity contribution in [3.05, 3.63) is 12.7 Å². The molecule has 0 amide bonds. The minimum atomic E-state index is -0.868. The second kappa shape index (κ2) is 10.9. The third-order valence-electron chi connectivity index (χ3n) is 7.35. The predicted molar refractivity (Wildman–Crippen MR) is 134 cm³/mol. The molecule has 10 atom stereocenters. The molecule has 222 valence electrons. The van der Waals surface area contributed by atoms with E-state index < -0.39 is 78.7 Å². The third kappa shape index (κ3) is 6.20. The molecule has 1 N–H and O–H groups in total. The van der Waals surface area contributed by atoms with Gasteiger partial charge in [0.25, 0.3) is 0 Å². The van der Waals surface area contributed by atoms with Gasteiger partial charge in [-0.05, 0) is 48.5 Å². The van der Waals surface area contributed by atoms with E-state index in [9.17, 15) is 4.79 Å². The van der Waals surface area contributed by atoms with Crippen LogP contribution in [0.4, 0.5) is 0 Å². The van der Waals surface area contributed by atoms with Crippen LogP contribution < -0.4 is 5.32 Å². The van der Waals surface area contributed by atoms with Crippen molar-refractivity contribution >= 4 is 5.97 Å². The van der Waals surface area contributed by atoms with Crippen molar-refractivity contribution in [2.75, 3.05) is 19.8 Å². The number of ether oxygens (including phenoxy) is 10. The Labute approximate surface area is 229 Å². The monoisotopic (exact) mass is 557 g/mol. The molecule has 0 unspecified atom stereocenters. The van der Waals surface area contributed by atoms with Crippen LogP contribution in [-0.4, -0.2) is 104 Å². The van der Waals surface area contributed by atoms with Gasteiger partial charge in [-0.15, -0.1) is 6.58 Å². The van der Waals surface area contributed by atoms with Gasteiger partial charge in [0, 0.05) is 12.6 Å². The van der Waals surface area contributed by atoms with Gasteiger partial charge in [0.2, 0.25) is 0 Å². The highest BCUT2D eigenvalue weighted by molar-refractivity contribution is 5.70. The standard InChI is InChI=1S/C27H43NO11/c1-9-11-31-18-15(32-23-21(18)36-26(5,6)38-23)13-28-14(12-16(29)30-10-2)17-19-20(35-25(3,4)34-19)22-24(33-17)39-27(7,8)37-22/h9,14-15,17-24,28H,1,10-13H2,2-8H3/t14-,15+,17+,18-,19-,20-,21+,22+,23+,24+/m0/s1. The maximum Gasteiger partial charge on any atom is 0.307 e. The summed E-state index contributed by atoms with van der Waals surface area (Å²) >= 11 is 0. The lowest BCUT2D eigenvalue weighted by molar-refractivity contribution is -0.241. The van der Waals surface area contributed by atoms with E-state index in [1.807, 2.05) is 41.5 Å². The van der Waals surface area contributed by atoms with E-state index in [0.717, 1.165) is 0 Å². The molecule has 0 saturated carbocycles. The maximum atomic E-state index is 12.7. The van der Waals surface area contributed by atoms with Crippen molar-refractivity contribution in [3.63, 3.8) is 0 Å². The van der Waals surface area contributed by atoms with Gasteiger partial charge in [-0.2, -0.15) is 0 Å². The smallest absolute Gasteiger partial charge is 0.307 e. The first kappa shape index (κ1) is 29.3. The van der Waals surface area contributed by atoms with Crippen molar-refractivity contribution in [1.82, 2.24) is 5.32 Å². The van der Waals surface area contributed by atoms with Crippen molar-refractivity contribution in [3.8, 4) is 0 Å². The van der Waals surface area contributed by atoms with E-state index in [4.69, 9.17) is 47.4 Å². The summed E-state index contributed by atoms with van der Waals surface area (Å²) in [6, 6.07) is -0.523. The van der Waals surface area contributed by atoms with E-state index in [-0.39, 0.29) is 19.0 Å². The van der Waals surface area contributed by atoms with Crippen LogP contribution in [-0.2, 0) is 52.2 Å². The minimum Gasteiger partial charge on any atom is -0.466 e. The minimum absolute atomic E-state index is 0.0327. The zero-order valence-electron chi connectivity index (χ0n) is 23.9. The molecule has 0 aromatic carbocycles. The van der Waals surface area contributed by atoms with Crippen molar-refractivity contribution in [2.24, 2.45) is 0 Å². The van der Waals surface area contributed by atoms with E-state index in [0.29, 0.717) is 13.2 Å². The van der Waals surface area contributed by atoms with Gasteiger partial charge < -0.3 is 52.7 Å². The van der Waals surface area contributed by atoms with Gasteiger partial charge in [0.1, 0.15) is 42.7 Å². The number of hydrogen-bond donors (Lipinski definition) is 1. The number of fused-ring (bicyclic) bond motifs is 4. The molecular formula is C27H43NO11. The van der Waals surface area contributed by atoms with Gasteiger partial charge in [-0.1, -0.05) is 6.08 Å². The Balaban J connectivity index is 1.35. The molecule has 5 fully saturated rings. The Morgan fingerprint density at radius 1 is 0.872 bits per heavy atom. The number of rotatable bonds is 10. The van der Waals surface area contributed by atoms with E-state index >= 15 is 0 Å². The lowest BCUT2D eigenvalue weighted by Gasteiger charge is -2.41. The number of hydrogen-bond acceptors (Lipinski definition) is 12. The second-order valence-corrected chi connectivity index (χ2v) is 11.9. The summed E-state index contributed by atoms with van der Waals surface area (Å²) in [7, 11) is 0. The van der Waals surface area contributed by atoms with Crippen LogP contribution in [0.3, 0.4) is 0 Å². The number of nitrogens with one attached hydrogen (secondary N) is 1. The molecular weight excluding hydrogens is 514 g/mol. The quantitative estimate of drug-likeness (QED) is 0.311. The first-order chi connectivity index (χ1) is 18.3. The van der Waals surface area contributed by atoms with Gasteiger partial charge in [-0.25, -0.2) is 0 Å². The van der Waals surface area contributed by atoms with Crippen molar-refractivity contribution in [1.29, 1.82) is 0 Å². The topological polar surface area (TPSA) is 121 Å². The molecule has 0 aromatic rings. The summed E-state index contributed by atoms with van der Waals surface area (Å²) in [5.41, 5.74) is 0. The third-order valence-corrected chi connectivity index (χ3v) is 7.35. The van der Waals surface area contributed by atoms with Gasteiger partial charge in [0.05, 0.1) is 19.6 Å². The van der Waals surface area contributed by atoms with Crippen LogP contribution >= 0.6 is 0 Å². The maximum absolute atomic E-state index is 12.7. The molecule has 12 nitrogen and oxygen atoms in total. The van der Waals surface area contributed by atoms with Crippen molar-refractivity contribution in [2.45, 2.75) is 134 Å². The summed E-state index contributed by atoms with van der Waals surface area (Å²) in [6.45, 7) is 17.5. The average molecular weight is 558 g/mol. The first-order valence-corrected chi connectivity index (χ1v) is 13.8. The molecule has 0 aromatic heterocycles. The molecule has 5 rings (SSSR count). The lowest BCUT2D eigenvalue weighted by Crippen LogP contribution is -2.62. The fourth-order valence-corrected chi connectivity index (χ4v) is 6.03. The number of carbonyl (C=O) groups is 1. The SMILES string of the molecule is C=CCO[C@@H]1[C@H]2OC(C)(C)O[C@H]2O[C@@H]1CN[C@@H](CC(=O)OCC)[C@H]1O[C@@H]2OC(C)(C)O[C@@H]2[C@H]2OC(C)(C)O[C@H]21. The van der Waals surface area contributed by atoms with Crippen LogP contribution in [0.15, 0.2) is 12.7 Å². The van der Waals surface area contributed by atoms with Crippen molar-refractivity contribution < 1.29 is 52.2 Å². The highest BCUT2D eigenvalue weighted by Crippen LogP contribution is 2.45. The lowest BCUT2D eigenvalue weighted by atomic mass is 9.92. The first-order valence-electron chi connectivity index (χ1n) is 13.8. The fourth-order valence-electron chi connectivity index (χ4n) is 6.03. The predicted octanol–water partition coefficient (Wildman–Crippen LogP) is 1.74. The largest absolute Gasteiger partial charge is 0.466 e. The molecule has 0 spiro atoms. The zero-order chi connectivity index (χ0) is 28.2. The Kier molecular flexibility index (Phi) is 8.19. The molecule has 5 aliphatic rings. The fraction of sp³-hybridized carbons (Fsp3) is 0.889. The van der Waals surface area contributed by atoms with Crippen LogP contribution in [0.2, 0.25) is 0 Å². The van der Waals surface area contributed by atoms with Crippen LogP contribution in [0.5, 0.6) is 0 Å². The highest BCUT2D eigenvalue weighted by atomic mass is 16.9. The molecule has 39 heavy (non-hydrogen) atoms. The normalized spacial score (nSPS) is 42.0. The zero-order valence-corrected chi connectivity index (χ0v) is 23.9. The molecule has 0 aliphatic carbocycles. The van der Waals surface area contributed by atoms with Crippen LogP contribution in [0.25, 0.3) is 0 Å². The summed E-state index contributed by atoms with van der Waals surface area (Å²) in [5.74, 6) is -2.86. The molecule has 0 radical (unpaired) electrons. The summed E-state index contributed by atoms with van der Waals surface area (Å²) in [4.78, 5) is 12.7. The Bertz CT molecular complexity index is 910. The molecule has 5 heterocycles. The number of carbonyl (C=O) groups excluding carboxylic acids is 1. The van der Waals surface area contributed by atoms with Crippen LogP contribution in [0, 0.1) is 0 Å². The molecule has 5 saturated heterocycles. The highest BCUT2D eigenvalue weighted by Gasteiger charge is 2.62. The van der Waals surface area contributed by atoms with Gasteiger partial charge in [0.15, 0.2) is 29.9 Å². The Morgan fingerprint density at radius 2 is 1.46 bits per heavy atom. The summed E-state index contributed by atoms with van der Waals surface area (Å²) < 4.78 is 60.8. The van der Waals surface area contributed by atoms with E-state index in [2.05, 4.69) is 11.9 Å². The van der Waals surface area contributed by atoms with Gasteiger partial charge >= 0.3 is 5.97 Å². The van der Waals surface area contributed by atoms with Gasteiger partial charge in [-0.3, -0.25) is 4.79 Å². The van der Waals surface area contributed by atoms with E-state index in [1.165, 1.54) is 0 Å². The average Bonchev–Trinajstić information content (AvgIpc) is 3.50. The summed E-state index contributed by atoms with van der Waals surface area (Å²) in [6.07, 6.45) is -2.83. The number of esters is 1.